The number of nitrogens with zero attached hydrogens (tertiary/aromatic N) is 2. The summed E-state index contributed by atoms with van der Waals surface area (Å²) < 4.78 is 1.96. The van der Waals surface area contributed by atoms with E-state index in [1.54, 1.807) is 0 Å². The monoisotopic (exact) mass is 177 g/mol. The van der Waals surface area contributed by atoms with E-state index in [-0.39, 0.29) is 0 Å². The fraction of sp³-hybridized carbons (Fsp3) is 0.700. The summed E-state index contributed by atoms with van der Waals surface area (Å²) in [6.45, 7) is 0. The Balaban J connectivity index is 1.98. The van der Waals surface area contributed by atoms with Crippen molar-refractivity contribution in [1.29, 1.82) is 0 Å². The van der Waals surface area contributed by atoms with E-state index < -0.39 is 0 Å². The number of hydrogen-bond donors (Lipinski definition) is 1. The Hall–Kier alpha value is -0.990. The molecule has 0 amide bonds. The van der Waals surface area contributed by atoms with Gasteiger partial charge in [-0.05, 0) is 25.2 Å². The SMILES string of the molecule is Cn1ncc2c1N[C@@H]1CCC[C@H]1C2. The van der Waals surface area contributed by atoms with Gasteiger partial charge in [0.25, 0.3) is 0 Å². The average Bonchev–Trinajstić information content (AvgIpc) is 2.70. The molecule has 2 aliphatic rings. The van der Waals surface area contributed by atoms with Gasteiger partial charge in [0.05, 0.1) is 6.20 Å². The van der Waals surface area contributed by atoms with Crippen molar-refractivity contribution in [3.8, 4) is 0 Å². The first kappa shape index (κ1) is 7.42. The van der Waals surface area contributed by atoms with Crippen LogP contribution in [-0.4, -0.2) is 15.8 Å². The van der Waals surface area contributed by atoms with E-state index in [4.69, 9.17) is 0 Å². The first-order valence-corrected chi connectivity index (χ1v) is 5.12. The molecule has 2 heterocycles. The highest BCUT2D eigenvalue weighted by molar-refractivity contribution is 5.48. The van der Waals surface area contributed by atoms with Crippen molar-refractivity contribution >= 4 is 5.82 Å². The molecule has 0 unspecified atom stereocenters. The smallest absolute Gasteiger partial charge is 0.127 e. The van der Waals surface area contributed by atoms with Crippen LogP contribution in [0.4, 0.5) is 5.82 Å². The van der Waals surface area contributed by atoms with E-state index in [0.717, 1.165) is 12.0 Å². The summed E-state index contributed by atoms with van der Waals surface area (Å²) in [5, 5.41) is 7.89. The molecule has 0 radical (unpaired) electrons. The maximum Gasteiger partial charge on any atom is 0.127 e. The van der Waals surface area contributed by atoms with Crippen LogP contribution in [0.5, 0.6) is 0 Å². The van der Waals surface area contributed by atoms with Crippen LogP contribution in [0.2, 0.25) is 0 Å². The van der Waals surface area contributed by atoms with Crippen LogP contribution >= 0.6 is 0 Å². The number of nitrogens with one attached hydrogen (secondary N) is 1. The molecule has 0 saturated heterocycles. The molecule has 1 aliphatic carbocycles. The topological polar surface area (TPSA) is 29.9 Å². The molecule has 2 atom stereocenters. The zero-order valence-electron chi connectivity index (χ0n) is 7.95. The quantitative estimate of drug-likeness (QED) is 0.651. The Kier molecular flexibility index (Phi) is 1.43. The van der Waals surface area contributed by atoms with Gasteiger partial charge in [-0.2, -0.15) is 5.10 Å². The lowest BCUT2D eigenvalue weighted by atomic mass is 9.92. The Morgan fingerprint density at radius 1 is 1.54 bits per heavy atom. The largest absolute Gasteiger partial charge is 0.367 e. The van der Waals surface area contributed by atoms with Gasteiger partial charge in [-0.3, -0.25) is 4.68 Å². The lowest BCUT2D eigenvalue weighted by Gasteiger charge is -2.27. The second kappa shape index (κ2) is 2.50. The molecule has 1 aromatic rings. The predicted octanol–water partition coefficient (Wildman–Crippen LogP) is 1.56. The third kappa shape index (κ3) is 0.992. The highest BCUT2D eigenvalue weighted by atomic mass is 15.3. The number of aromatic nitrogens is 2. The number of fused-ring (bicyclic) bond motifs is 2. The van der Waals surface area contributed by atoms with Crippen LogP contribution in [0.25, 0.3) is 0 Å². The molecule has 3 heteroatoms. The summed E-state index contributed by atoms with van der Waals surface area (Å²) in [6, 6.07) is 0.725. The molecule has 0 aromatic carbocycles. The zero-order chi connectivity index (χ0) is 8.84. The van der Waals surface area contributed by atoms with Crippen LogP contribution in [0.1, 0.15) is 24.8 Å². The van der Waals surface area contributed by atoms with Crippen LogP contribution in [0.3, 0.4) is 0 Å². The first-order chi connectivity index (χ1) is 6.34. The number of rotatable bonds is 0. The first-order valence-electron chi connectivity index (χ1n) is 5.12. The van der Waals surface area contributed by atoms with Gasteiger partial charge >= 0.3 is 0 Å². The molecular formula is C10H15N3. The minimum atomic E-state index is 0.725. The predicted molar refractivity (Wildman–Crippen MR) is 51.7 cm³/mol. The van der Waals surface area contributed by atoms with Gasteiger partial charge in [0.15, 0.2) is 0 Å². The van der Waals surface area contributed by atoms with Gasteiger partial charge in [0.2, 0.25) is 0 Å². The van der Waals surface area contributed by atoms with Crippen molar-refractivity contribution in [2.75, 3.05) is 5.32 Å². The van der Waals surface area contributed by atoms with Crippen LogP contribution in [0, 0.1) is 5.92 Å². The lowest BCUT2D eigenvalue weighted by Crippen LogP contribution is -2.31. The molecule has 3 rings (SSSR count). The molecule has 1 N–H and O–H groups in total. The Morgan fingerprint density at radius 2 is 2.46 bits per heavy atom. The Labute approximate surface area is 78.1 Å². The highest BCUT2D eigenvalue weighted by Gasteiger charge is 2.33. The van der Waals surface area contributed by atoms with Crippen LogP contribution in [0.15, 0.2) is 6.20 Å². The van der Waals surface area contributed by atoms with Crippen molar-refractivity contribution in [2.24, 2.45) is 13.0 Å². The third-order valence-corrected chi connectivity index (χ3v) is 3.48. The molecule has 13 heavy (non-hydrogen) atoms. The molecular weight excluding hydrogens is 162 g/mol. The summed E-state index contributed by atoms with van der Waals surface area (Å²) in [6.07, 6.45) is 7.38. The molecule has 70 valence electrons. The average molecular weight is 177 g/mol. The molecule has 3 nitrogen and oxygen atoms in total. The van der Waals surface area contributed by atoms with Gasteiger partial charge in [-0.15, -0.1) is 0 Å². The van der Waals surface area contributed by atoms with Gasteiger partial charge in [-0.25, -0.2) is 0 Å². The minimum absolute atomic E-state index is 0.725. The molecule has 1 aliphatic heterocycles. The summed E-state index contributed by atoms with van der Waals surface area (Å²) in [7, 11) is 2.01. The van der Waals surface area contributed by atoms with E-state index in [2.05, 4.69) is 10.4 Å². The second-order valence-corrected chi connectivity index (χ2v) is 4.29. The van der Waals surface area contributed by atoms with Gasteiger partial charge in [-0.1, -0.05) is 6.42 Å². The highest BCUT2D eigenvalue weighted by Crippen LogP contribution is 2.37. The summed E-state index contributed by atoms with van der Waals surface area (Å²) in [4.78, 5) is 0. The van der Waals surface area contributed by atoms with Gasteiger partial charge in [0, 0.05) is 18.7 Å². The van der Waals surface area contributed by atoms with E-state index in [1.807, 2.05) is 17.9 Å². The molecule has 0 bridgehead atoms. The van der Waals surface area contributed by atoms with Crippen LogP contribution < -0.4 is 5.32 Å². The zero-order valence-corrected chi connectivity index (χ0v) is 7.95. The minimum Gasteiger partial charge on any atom is -0.367 e. The van der Waals surface area contributed by atoms with E-state index >= 15 is 0 Å². The second-order valence-electron chi connectivity index (χ2n) is 4.29. The van der Waals surface area contributed by atoms with Gasteiger partial charge in [0.1, 0.15) is 5.82 Å². The number of anilines is 1. The summed E-state index contributed by atoms with van der Waals surface area (Å²) in [5.41, 5.74) is 1.41. The van der Waals surface area contributed by atoms with E-state index in [1.165, 1.54) is 37.1 Å². The normalized spacial score (nSPS) is 30.8. The van der Waals surface area contributed by atoms with Crippen molar-refractivity contribution in [1.82, 2.24) is 9.78 Å². The van der Waals surface area contributed by atoms with E-state index in [9.17, 15) is 0 Å². The fourth-order valence-electron chi connectivity index (χ4n) is 2.75. The van der Waals surface area contributed by atoms with Gasteiger partial charge < -0.3 is 5.32 Å². The Bertz CT molecular complexity index is 329. The number of aryl methyl sites for hydroxylation is 1. The molecule has 0 spiro atoms. The molecule has 1 aromatic heterocycles. The maximum atomic E-state index is 4.28. The summed E-state index contributed by atoms with van der Waals surface area (Å²) in [5.74, 6) is 2.12. The Morgan fingerprint density at radius 3 is 3.38 bits per heavy atom. The van der Waals surface area contributed by atoms with Crippen molar-refractivity contribution in [2.45, 2.75) is 31.7 Å². The van der Waals surface area contributed by atoms with Crippen molar-refractivity contribution in [3.63, 3.8) is 0 Å². The fourth-order valence-corrected chi connectivity index (χ4v) is 2.75. The molecule has 1 saturated carbocycles. The van der Waals surface area contributed by atoms with Crippen molar-refractivity contribution < 1.29 is 0 Å². The number of hydrogen-bond acceptors (Lipinski definition) is 2. The van der Waals surface area contributed by atoms with E-state index in [0.29, 0.717) is 0 Å². The lowest BCUT2D eigenvalue weighted by molar-refractivity contribution is 0.483. The van der Waals surface area contributed by atoms with Crippen molar-refractivity contribution in [3.05, 3.63) is 11.8 Å². The standard InChI is InChI=1S/C10H15N3/c1-13-10-8(6-11-13)5-7-3-2-4-9(7)12-10/h6-7,9,12H,2-5H2,1H3/t7-,9+/m0/s1. The third-order valence-electron chi connectivity index (χ3n) is 3.48. The molecule has 1 fully saturated rings. The summed E-state index contributed by atoms with van der Waals surface area (Å²) >= 11 is 0. The maximum absolute atomic E-state index is 4.28. The van der Waals surface area contributed by atoms with Crippen LogP contribution in [-0.2, 0) is 13.5 Å².